The minimum Gasteiger partial charge on any atom is -0.327 e. The zero-order valence-electron chi connectivity index (χ0n) is 10.2. The lowest BCUT2D eigenvalue weighted by Gasteiger charge is -2.08. The summed E-state index contributed by atoms with van der Waals surface area (Å²) in [7, 11) is 0. The van der Waals surface area contributed by atoms with Crippen molar-refractivity contribution in [1.29, 1.82) is 0 Å². The molecule has 0 saturated carbocycles. The molecule has 0 saturated heterocycles. The van der Waals surface area contributed by atoms with Gasteiger partial charge in [0.1, 0.15) is 11.0 Å². The highest BCUT2D eigenvalue weighted by molar-refractivity contribution is 6.29. The molecule has 19 heavy (non-hydrogen) atoms. The number of aromatic nitrogens is 3. The first-order valence-electron chi connectivity index (χ1n) is 6.00. The first kappa shape index (κ1) is 11.9. The molecule has 94 valence electrons. The van der Waals surface area contributed by atoms with Crippen LogP contribution in [0.2, 0.25) is 5.15 Å². The maximum absolute atomic E-state index is 5.91. The monoisotopic (exact) mass is 269 g/mol. The Balaban J connectivity index is 1.93. The van der Waals surface area contributed by atoms with E-state index in [0.29, 0.717) is 5.15 Å². The Labute approximate surface area is 116 Å². The van der Waals surface area contributed by atoms with Gasteiger partial charge in [0.05, 0.1) is 0 Å². The highest BCUT2D eigenvalue weighted by Crippen LogP contribution is 2.18. The lowest BCUT2D eigenvalue weighted by Crippen LogP contribution is -2.01. The van der Waals surface area contributed by atoms with Crippen LogP contribution in [0.1, 0.15) is 5.56 Å². The van der Waals surface area contributed by atoms with Crippen molar-refractivity contribution in [2.45, 2.75) is 6.54 Å². The summed E-state index contributed by atoms with van der Waals surface area (Å²) in [6, 6.07) is 14.0. The van der Waals surface area contributed by atoms with Crippen molar-refractivity contribution in [2.24, 2.45) is 0 Å². The van der Waals surface area contributed by atoms with Gasteiger partial charge < -0.3 is 4.57 Å². The average molecular weight is 270 g/mol. The summed E-state index contributed by atoms with van der Waals surface area (Å²) in [5, 5.41) is 0.513. The van der Waals surface area contributed by atoms with Gasteiger partial charge in [0.2, 0.25) is 0 Å². The normalized spacial score (nSPS) is 10.6. The van der Waals surface area contributed by atoms with E-state index in [2.05, 4.69) is 26.7 Å². The van der Waals surface area contributed by atoms with Crippen LogP contribution < -0.4 is 0 Å². The van der Waals surface area contributed by atoms with Crippen LogP contribution in [0.25, 0.3) is 11.4 Å². The Morgan fingerprint density at radius 2 is 1.84 bits per heavy atom. The number of pyridine rings is 1. The van der Waals surface area contributed by atoms with Gasteiger partial charge in [-0.3, -0.25) is 0 Å². The molecule has 0 fully saturated rings. The fourth-order valence-electron chi connectivity index (χ4n) is 2.02. The van der Waals surface area contributed by atoms with Gasteiger partial charge in [-0.2, -0.15) is 0 Å². The zero-order valence-corrected chi connectivity index (χ0v) is 11.0. The molecule has 0 radical (unpaired) electrons. The Kier molecular flexibility index (Phi) is 3.29. The maximum Gasteiger partial charge on any atom is 0.140 e. The van der Waals surface area contributed by atoms with Gasteiger partial charge in [-0.25, -0.2) is 9.97 Å². The molecule has 0 aliphatic carbocycles. The van der Waals surface area contributed by atoms with Crippen LogP contribution in [0, 0.1) is 0 Å². The number of rotatable bonds is 3. The van der Waals surface area contributed by atoms with E-state index in [1.54, 1.807) is 6.20 Å². The van der Waals surface area contributed by atoms with E-state index in [9.17, 15) is 0 Å². The number of imidazole rings is 1. The van der Waals surface area contributed by atoms with Gasteiger partial charge in [-0.1, -0.05) is 41.9 Å². The minimum absolute atomic E-state index is 0.513. The molecule has 2 heterocycles. The maximum atomic E-state index is 5.91. The molecule has 0 aliphatic rings. The predicted molar refractivity (Wildman–Crippen MR) is 76.0 cm³/mol. The fraction of sp³-hybridized carbons (Fsp3) is 0.0667. The van der Waals surface area contributed by atoms with Crippen LogP contribution in [-0.2, 0) is 6.54 Å². The lowest BCUT2D eigenvalue weighted by atomic mass is 10.2. The molecule has 0 atom stereocenters. The van der Waals surface area contributed by atoms with Crippen LogP contribution >= 0.6 is 11.6 Å². The molecule has 3 nitrogen and oxygen atoms in total. The van der Waals surface area contributed by atoms with Crippen LogP contribution in [0.5, 0.6) is 0 Å². The molecule has 0 bridgehead atoms. The molecule has 0 amide bonds. The molecule has 2 aromatic heterocycles. The van der Waals surface area contributed by atoms with Crippen molar-refractivity contribution < 1.29 is 0 Å². The molecule has 3 rings (SSSR count). The third-order valence-electron chi connectivity index (χ3n) is 2.89. The van der Waals surface area contributed by atoms with Crippen LogP contribution in [-0.4, -0.2) is 14.5 Å². The molecular formula is C15H12ClN3. The fourth-order valence-corrected chi connectivity index (χ4v) is 2.22. The molecule has 0 N–H and O–H groups in total. The average Bonchev–Trinajstić information content (AvgIpc) is 2.88. The Morgan fingerprint density at radius 3 is 2.63 bits per heavy atom. The molecular weight excluding hydrogens is 258 g/mol. The van der Waals surface area contributed by atoms with Crippen molar-refractivity contribution in [2.75, 3.05) is 0 Å². The SMILES string of the molecule is Clc1cc(Cn2ccnc2-c2ccccc2)ccn1. The molecule has 4 heteroatoms. The van der Waals surface area contributed by atoms with Crippen molar-refractivity contribution in [3.05, 3.63) is 71.8 Å². The Morgan fingerprint density at radius 1 is 1.00 bits per heavy atom. The summed E-state index contributed by atoms with van der Waals surface area (Å²) in [4.78, 5) is 8.41. The summed E-state index contributed by atoms with van der Waals surface area (Å²) in [5.74, 6) is 0.952. The molecule has 1 aromatic carbocycles. The predicted octanol–water partition coefficient (Wildman–Crippen LogP) is 3.65. The quantitative estimate of drug-likeness (QED) is 0.680. The van der Waals surface area contributed by atoms with E-state index >= 15 is 0 Å². The van der Waals surface area contributed by atoms with E-state index in [1.165, 1.54) is 0 Å². The molecule has 3 aromatic rings. The van der Waals surface area contributed by atoms with Crippen molar-refractivity contribution in [3.63, 3.8) is 0 Å². The van der Waals surface area contributed by atoms with Crippen molar-refractivity contribution >= 4 is 11.6 Å². The van der Waals surface area contributed by atoms with Crippen LogP contribution in [0.3, 0.4) is 0 Å². The number of hydrogen-bond donors (Lipinski definition) is 0. The van der Waals surface area contributed by atoms with Crippen molar-refractivity contribution in [3.8, 4) is 11.4 Å². The van der Waals surface area contributed by atoms with E-state index < -0.39 is 0 Å². The summed E-state index contributed by atoms with van der Waals surface area (Å²) in [6.45, 7) is 0.729. The van der Waals surface area contributed by atoms with Crippen LogP contribution in [0.4, 0.5) is 0 Å². The van der Waals surface area contributed by atoms with Gasteiger partial charge in [0, 0.05) is 30.7 Å². The van der Waals surface area contributed by atoms with E-state index in [4.69, 9.17) is 11.6 Å². The molecule has 0 unspecified atom stereocenters. The lowest BCUT2D eigenvalue weighted by molar-refractivity contribution is 0.805. The highest BCUT2D eigenvalue weighted by Gasteiger charge is 2.06. The van der Waals surface area contributed by atoms with Gasteiger partial charge in [-0.05, 0) is 17.7 Å². The third kappa shape index (κ3) is 2.66. The Hall–Kier alpha value is -2.13. The minimum atomic E-state index is 0.513. The van der Waals surface area contributed by atoms with Gasteiger partial charge >= 0.3 is 0 Å². The van der Waals surface area contributed by atoms with Crippen molar-refractivity contribution in [1.82, 2.24) is 14.5 Å². The Bertz CT molecular complexity index is 677. The second-order valence-corrected chi connectivity index (χ2v) is 4.62. The van der Waals surface area contributed by atoms with Gasteiger partial charge in [0.25, 0.3) is 0 Å². The number of benzene rings is 1. The number of halogens is 1. The summed E-state index contributed by atoms with van der Waals surface area (Å²) < 4.78 is 2.10. The van der Waals surface area contributed by atoms with Gasteiger partial charge in [-0.15, -0.1) is 0 Å². The second-order valence-electron chi connectivity index (χ2n) is 4.23. The zero-order chi connectivity index (χ0) is 13.1. The van der Waals surface area contributed by atoms with Crippen LogP contribution in [0.15, 0.2) is 61.1 Å². The molecule has 0 aliphatic heterocycles. The topological polar surface area (TPSA) is 30.7 Å². The third-order valence-corrected chi connectivity index (χ3v) is 3.10. The van der Waals surface area contributed by atoms with Gasteiger partial charge in [0.15, 0.2) is 0 Å². The molecule has 0 spiro atoms. The highest BCUT2D eigenvalue weighted by atomic mass is 35.5. The standard InChI is InChI=1S/C15H12ClN3/c16-14-10-12(6-7-17-14)11-19-9-8-18-15(19)13-4-2-1-3-5-13/h1-10H,11H2. The smallest absolute Gasteiger partial charge is 0.140 e. The number of nitrogens with zero attached hydrogens (tertiary/aromatic N) is 3. The first-order valence-corrected chi connectivity index (χ1v) is 6.38. The van der Waals surface area contributed by atoms with E-state index in [-0.39, 0.29) is 0 Å². The summed E-state index contributed by atoms with van der Waals surface area (Å²) in [5.41, 5.74) is 2.21. The second kappa shape index (κ2) is 5.24. The number of hydrogen-bond acceptors (Lipinski definition) is 2. The summed E-state index contributed by atoms with van der Waals surface area (Å²) in [6.07, 6.45) is 5.50. The summed E-state index contributed by atoms with van der Waals surface area (Å²) >= 11 is 5.91. The first-order chi connectivity index (χ1) is 9.33. The largest absolute Gasteiger partial charge is 0.327 e. The van der Waals surface area contributed by atoms with E-state index in [0.717, 1.165) is 23.5 Å². The van der Waals surface area contributed by atoms with E-state index in [1.807, 2.05) is 42.7 Å².